The first-order valence-electron chi connectivity index (χ1n) is 10.1. The first-order valence-corrected chi connectivity index (χ1v) is 10.1. The van der Waals surface area contributed by atoms with Crippen LogP contribution in [0.25, 0.3) is 28.0 Å². The van der Waals surface area contributed by atoms with E-state index < -0.39 is 17.8 Å². The van der Waals surface area contributed by atoms with E-state index in [2.05, 4.69) is 15.1 Å². The summed E-state index contributed by atoms with van der Waals surface area (Å²) in [6, 6.07) is 12.1. The zero-order valence-electron chi connectivity index (χ0n) is 17.7. The summed E-state index contributed by atoms with van der Waals surface area (Å²) < 4.78 is 35.0. The third-order valence-electron chi connectivity index (χ3n) is 5.35. The summed E-state index contributed by atoms with van der Waals surface area (Å²) in [5.41, 5.74) is 6.95. The van der Waals surface area contributed by atoms with Gasteiger partial charge in [-0.3, -0.25) is 4.79 Å². The fourth-order valence-corrected chi connectivity index (χ4v) is 3.73. The summed E-state index contributed by atoms with van der Waals surface area (Å²) in [6.45, 7) is -0.382. The van der Waals surface area contributed by atoms with Gasteiger partial charge < -0.3 is 14.7 Å². The van der Waals surface area contributed by atoms with Crippen LogP contribution in [-0.2, 0) is 13.6 Å². The van der Waals surface area contributed by atoms with Crippen LogP contribution in [0.2, 0.25) is 0 Å². The van der Waals surface area contributed by atoms with Crippen LogP contribution in [0.15, 0.2) is 69.1 Å². The van der Waals surface area contributed by atoms with Crippen molar-refractivity contribution in [3.63, 3.8) is 0 Å². The number of fused-ring (bicyclic) bond motifs is 1. The van der Waals surface area contributed by atoms with Gasteiger partial charge >= 0.3 is 5.69 Å². The Hall–Kier alpha value is -4.61. The van der Waals surface area contributed by atoms with E-state index in [4.69, 9.17) is 10.2 Å². The number of aryl methyl sites for hydroxylation is 1. The monoisotopic (exact) mass is 465 g/mol. The van der Waals surface area contributed by atoms with E-state index in [0.29, 0.717) is 22.4 Å². The molecule has 12 heteroatoms. The first kappa shape index (κ1) is 21.2. The van der Waals surface area contributed by atoms with E-state index in [9.17, 15) is 18.4 Å². The quantitative estimate of drug-likeness (QED) is 0.423. The smallest absolute Gasteiger partial charge is 0.353 e. The number of nitrogen functional groups attached to an aromatic ring is 1. The average Bonchev–Trinajstić information content (AvgIpc) is 3.41. The van der Waals surface area contributed by atoms with Crippen molar-refractivity contribution in [3.8, 4) is 22.4 Å². The van der Waals surface area contributed by atoms with Crippen molar-refractivity contribution in [2.24, 2.45) is 7.05 Å². The molecular formula is C22H17F2N7O3. The van der Waals surface area contributed by atoms with Crippen molar-refractivity contribution < 1.29 is 13.2 Å². The number of alkyl halides is 2. The van der Waals surface area contributed by atoms with Gasteiger partial charge in [-0.1, -0.05) is 30.3 Å². The molecule has 0 fully saturated rings. The van der Waals surface area contributed by atoms with Crippen LogP contribution in [0, 0.1) is 0 Å². The largest absolute Gasteiger partial charge is 0.446 e. The molecule has 4 heterocycles. The molecule has 0 unspecified atom stereocenters. The summed E-state index contributed by atoms with van der Waals surface area (Å²) in [4.78, 5) is 33.1. The molecule has 5 rings (SSSR count). The molecule has 0 amide bonds. The lowest BCUT2D eigenvalue weighted by molar-refractivity contribution is 0.144. The second-order valence-corrected chi connectivity index (χ2v) is 7.49. The molecule has 0 radical (unpaired) electrons. The van der Waals surface area contributed by atoms with Crippen molar-refractivity contribution >= 4 is 11.6 Å². The number of rotatable bonds is 5. The maximum Gasteiger partial charge on any atom is 0.353 e. The Kier molecular flexibility index (Phi) is 5.04. The van der Waals surface area contributed by atoms with Crippen molar-refractivity contribution in [3.05, 3.63) is 87.3 Å². The highest BCUT2D eigenvalue weighted by Gasteiger charge is 2.24. The molecule has 4 aromatic heterocycles. The number of pyridine rings is 1. The van der Waals surface area contributed by atoms with E-state index in [1.165, 1.54) is 10.6 Å². The molecule has 0 aliphatic carbocycles. The third kappa shape index (κ3) is 3.45. The minimum Gasteiger partial charge on any atom is -0.446 e. The topological polar surface area (TPSA) is 126 Å². The van der Waals surface area contributed by atoms with Gasteiger partial charge in [0.1, 0.15) is 12.2 Å². The fourth-order valence-electron chi connectivity index (χ4n) is 3.73. The van der Waals surface area contributed by atoms with Crippen LogP contribution in [0.3, 0.4) is 0 Å². The molecule has 1 aromatic carbocycles. The number of nitrogens with zero attached hydrogens (tertiary/aromatic N) is 6. The highest BCUT2D eigenvalue weighted by Crippen LogP contribution is 2.34. The lowest BCUT2D eigenvalue weighted by Gasteiger charge is -2.12. The van der Waals surface area contributed by atoms with Crippen LogP contribution in [0.1, 0.15) is 17.9 Å². The molecule has 0 bridgehead atoms. The Balaban J connectivity index is 1.80. The lowest BCUT2D eigenvalue weighted by atomic mass is 10.0. The second-order valence-electron chi connectivity index (χ2n) is 7.49. The van der Waals surface area contributed by atoms with E-state index >= 15 is 0 Å². The summed E-state index contributed by atoms with van der Waals surface area (Å²) in [6.07, 6.45) is -0.396. The average molecular weight is 465 g/mol. The Morgan fingerprint density at radius 3 is 2.56 bits per heavy atom. The Morgan fingerprint density at radius 1 is 1.09 bits per heavy atom. The van der Waals surface area contributed by atoms with E-state index in [0.717, 1.165) is 15.5 Å². The fraction of sp³-hybridized carbons (Fsp3) is 0.136. The van der Waals surface area contributed by atoms with Gasteiger partial charge in [-0.05, 0) is 6.07 Å². The molecular weight excluding hydrogens is 448 g/mol. The Morgan fingerprint density at radius 2 is 1.85 bits per heavy atom. The molecule has 5 aromatic rings. The number of aromatic nitrogens is 6. The molecule has 0 aliphatic heterocycles. The van der Waals surface area contributed by atoms with Gasteiger partial charge in [-0.25, -0.2) is 32.6 Å². The van der Waals surface area contributed by atoms with Crippen LogP contribution in [0.4, 0.5) is 14.7 Å². The molecule has 0 aliphatic rings. The summed E-state index contributed by atoms with van der Waals surface area (Å²) >= 11 is 0. The molecule has 0 atom stereocenters. The molecule has 0 saturated heterocycles. The predicted molar refractivity (Wildman–Crippen MR) is 118 cm³/mol. The maximum absolute atomic E-state index is 13.2. The zero-order valence-corrected chi connectivity index (χ0v) is 17.7. The SMILES string of the molecule is Cn1cc(-c2c(-c3ccccc3)nc(N)n3c(=O)n(Cc4ocnc4C(F)F)nc23)ccc1=O. The number of anilines is 1. The Labute approximate surface area is 189 Å². The molecule has 172 valence electrons. The normalized spacial score (nSPS) is 11.5. The van der Waals surface area contributed by atoms with Crippen LogP contribution in [-0.4, -0.2) is 28.7 Å². The summed E-state index contributed by atoms with van der Waals surface area (Å²) in [5, 5.41) is 4.39. The number of nitrogens with two attached hydrogens (primary N) is 1. The number of halogens is 2. The predicted octanol–water partition coefficient (Wildman–Crippen LogP) is 2.48. The van der Waals surface area contributed by atoms with E-state index in [-0.39, 0.29) is 29.5 Å². The highest BCUT2D eigenvalue weighted by atomic mass is 19.3. The van der Waals surface area contributed by atoms with Crippen molar-refractivity contribution in [1.82, 2.24) is 28.7 Å². The highest BCUT2D eigenvalue weighted by molar-refractivity contribution is 5.90. The lowest BCUT2D eigenvalue weighted by Crippen LogP contribution is -2.24. The van der Waals surface area contributed by atoms with Gasteiger partial charge in [0.25, 0.3) is 6.43 Å². The van der Waals surface area contributed by atoms with Gasteiger partial charge in [-0.2, -0.15) is 0 Å². The number of hydrogen-bond donors (Lipinski definition) is 1. The number of benzene rings is 1. The van der Waals surface area contributed by atoms with E-state index in [1.807, 2.05) is 30.3 Å². The summed E-state index contributed by atoms with van der Waals surface area (Å²) in [5.74, 6) is -0.329. The van der Waals surface area contributed by atoms with Crippen molar-refractivity contribution in [1.29, 1.82) is 0 Å². The van der Waals surface area contributed by atoms with Gasteiger partial charge in [0.2, 0.25) is 11.5 Å². The standard InChI is InChI=1S/C22H17F2N7O3/c1-29-9-13(7-8-15(29)32)16-17(12-5-3-2-4-6-12)27-21(25)31-20(16)28-30(22(31)33)10-14-18(19(23)24)26-11-34-14/h2-9,11,19H,10H2,1H3,(H2,25,27). The third-order valence-corrected chi connectivity index (χ3v) is 5.35. The first-order chi connectivity index (χ1) is 16.3. The second kappa shape index (κ2) is 8.06. The van der Waals surface area contributed by atoms with Crippen LogP contribution >= 0.6 is 0 Å². The molecule has 0 spiro atoms. The number of hydrogen-bond acceptors (Lipinski definition) is 7. The molecule has 34 heavy (non-hydrogen) atoms. The molecule has 0 saturated carbocycles. The minimum absolute atomic E-state index is 0.134. The van der Waals surface area contributed by atoms with Gasteiger partial charge in [0.05, 0.1) is 11.3 Å². The van der Waals surface area contributed by atoms with Crippen molar-refractivity contribution in [2.45, 2.75) is 13.0 Å². The zero-order chi connectivity index (χ0) is 24.0. The van der Waals surface area contributed by atoms with E-state index in [1.54, 1.807) is 19.3 Å². The Bertz CT molecular complexity index is 1630. The number of oxazole rings is 1. The van der Waals surface area contributed by atoms with Crippen molar-refractivity contribution in [2.75, 3.05) is 5.73 Å². The van der Waals surface area contributed by atoms with Crippen LogP contribution < -0.4 is 17.0 Å². The van der Waals surface area contributed by atoms with Gasteiger partial charge in [0, 0.05) is 30.4 Å². The maximum atomic E-state index is 13.2. The minimum atomic E-state index is -2.88. The van der Waals surface area contributed by atoms with Crippen LogP contribution in [0.5, 0.6) is 0 Å². The molecule has 10 nitrogen and oxygen atoms in total. The molecule has 2 N–H and O–H groups in total. The summed E-state index contributed by atoms with van der Waals surface area (Å²) in [7, 11) is 1.59. The van der Waals surface area contributed by atoms with Gasteiger partial charge in [0.15, 0.2) is 17.8 Å². The van der Waals surface area contributed by atoms with Gasteiger partial charge in [-0.15, -0.1) is 5.10 Å².